The Morgan fingerprint density at radius 1 is 1.18 bits per heavy atom. The van der Waals surface area contributed by atoms with Crippen LogP contribution in [0.4, 0.5) is 4.39 Å². The maximum Gasteiger partial charge on any atom is 0.257 e. The highest BCUT2D eigenvalue weighted by Gasteiger charge is 2.34. The zero-order valence-corrected chi connectivity index (χ0v) is 15.9. The third-order valence-corrected chi connectivity index (χ3v) is 6.43. The van der Waals surface area contributed by atoms with E-state index in [1.165, 1.54) is 22.5 Å². The van der Waals surface area contributed by atoms with Crippen molar-refractivity contribution in [1.29, 1.82) is 0 Å². The van der Waals surface area contributed by atoms with Crippen LogP contribution in [0, 0.1) is 12.7 Å². The summed E-state index contributed by atoms with van der Waals surface area (Å²) in [7, 11) is -3.85. The van der Waals surface area contributed by atoms with Gasteiger partial charge in [-0.2, -0.15) is 9.29 Å². The molecule has 3 aromatic rings. The van der Waals surface area contributed by atoms with Crippen molar-refractivity contribution in [1.82, 2.24) is 14.4 Å². The van der Waals surface area contributed by atoms with E-state index in [0.29, 0.717) is 5.82 Å². The number of sulfonamides is 1. The van der Waals surface area contributed by atoms with Crippen molar-refractivity contribution in [3.8, 4) is 11.4 Å². The molecular formula is C19H18FN3O4S. The highest BCUT2D eigenvalue weighted by molar-refractivity contribution is 7.89. The number of ether oxygens (including phenoxy) is 1. The molecule has 0 radical (unpaired) electrons. The third-order valence-electron chi connectivity index (χ3n) is 4.57. The summed E-state index contributed by atoms with van der Waals surface area (Å²) in [6.45, 7) is 2.28. The van der Waals surface area contributed by atoms with Crippen molar-refractivity contribution in [3.05, 3.63) is 65.8 Å². The minimum atomic E-state index is -3.85. The largest absolute Gasteiger partial charge is 0.366 e. The summed E-state index contributed by atoms with van der Waals surface area (Å²) >= 11 is 0. The van der Waals surface area contributed by atoms with Crippen LogP contribution in [0.15, 0.2) is 57.9 Å². The van der Waals surface area contributed by atoms with Crippen LogP contribution in [-0.2, 0) is 14.8 Å². The van der Waals surface area contributed by atoms with Gasteiger partial charge in [-0.05, 0) is 30.7 Å². The van der Waals surface area contributed by atoms with E-state index in [9.17, 15) is 12.8 Å². The fourth-order valence-electron chi connectivity index (χ4n) is 3.07. The molecule has 1 saturated heterocycles. The first-order chi connectivity index (χ1) is 13.4. The second-order valence-corrected chi connectivity index (χ2v) is 8.39. The van der Waals surface area contributed by atoms with Gasteiger partial charge in [0.05, 0.1) is 11.5 Å². The molecule has 146 valence electrons. The van der Waals surface area contributed by atoms with Gasteiger partial charge in [0.2, 0.25) is 15.8 Å². The average Bonchev–Trinajstić information content (AvgIpc) is 3.18. The Labute approximate surface area is 161 Å². The molecule has 1 aromatic heterocycles. The molecule has 7 nitrogen and oxygen atoms in total. The second kappa shape index (κ2) is 7.42. The predicted octanol–water partition coefficient (Wildman–Crippen LogP) is 2.95. The number of morpholine rings is 1. The van der Waals surface area contributed by atoms with Crippen LogP contribution in [0.5, 0.6) is 0 Å². The van der Waals surface area contributed by atoms with Gasteiger partial charge in [0.1, 0.15) is 5.82 Å². The maximum absolute atomic E-state index is 13.5. The molecule has 2 aromatic carbocycles. The van der Waals surface area contributed by atoms with Gasteiger partial charge in [0.25, 0.3) is 5.89 Å². The van der Waals surface area contributed by atoms with Gasteiger partial charge in [-0.3, -0.25) is 0 Å². The first kappa shape index (κ1) is 18.7. The second-order valence-electron chi connectivity index (χ2n) is 6.45. The molecule has 1 atom stereocenters. The molecule has 1 unspecified atom stereocenters. The molecule has 0 spiro atoms. The monoisotopic (exact) mass is 403 g/mol. The summed E-state index contributed by atoms with van der Waals surface area (Å²) in [5, 5.41) is 4.00. The van der Waals surface area contributed by atoms with E-state index in [-0.39, 0.29) is 30.5 Å². The SMILES string of the molecule is Cc1ccccc1-c1noc(C2CN(S(=O)(=O)c3cccc(F)c3)CCO2)n1. The highest BCUT2D eigenvalue weighted by Crippen LogP contribution is 2.28. The Kier molecular flexibility index (Phi) is 4.96. The summed E-state index contributed by atoms with van der Waals surface area (Å²) in [6, 6.07) is 12.6. The van der Waals surface area contributed by atoms with Gasteiger partial charge in [0, 0.05) is 18.7 Å². The number of nitrogens with zero attached hydrogens (tertiary/aromatic N) is 3. The molecule has 0 saturated carbocycles. The summed E-state index contributed by atoms with van der Waals surface area (Å²) in [6.07, 6.45) is -0.692. The van der Waals surface area contributed by atoms with Gasteiger partial charge in [-0.25, -0.2) is 12.8 Å². The number of hydrogen-bond acceptors (Lipinski definition) is 6. The summed E-state index contributed by atoms with van der Waals surface area (Å²) in [5.41, 5.74) is 1.83. The molecule has 28 heavy (non-hydrogen) atoms. The molecule has 4 rings (SSSR count). The first-order valence-electron chi connectivity index (χ1n) is 8.72. The number of aromatic nitrogens is 2. The lowest BCUT2D eigenvalue weighted by atomic mass is 10.1. The smallest absolute Gasteiger partial charge is 0.257 e. The van der Waals surface area contributed by atoms with Crippen LogP contribution in [0.3, 0.4) is 0 Å². The van der Waals surface area contributed by atoms with E-state index in [2.05, 4.69) is 10.1 Å². The van der Waals surface area contributed by atoms with Crippen LogP contribution in [0.1, 0.15) is 17.6 Å². The minimum Gasteiger partial charge on any atom is -0.366 e. The van der Waals surface area contributed by atoms with E-state index in [4.69, 9.17) is 9.26 Å². The Morgan fingerprint density at radius 2 is 2.00 bits per heavy atom. The summed E-state index contributed by atoms with van der Waals surface area (Å²) in [5.74, 6) is 0.0184. The van der Waals surface area contributed by atoms with Crippen LogP contribution in [0.25, 0.3) is 11.4 Å². The summed E-state index contributed by atoms with van der Waals surface area (Å²) < 4.78 is 51.3. The molecule has 1 aliphatic heterocycles. The van der Waals surface area contributed by atoms with Gasteiger partial charge < -0.3 is 9.26 Å². The number of hydrogen-bond donors (Lipinski definition) is 0. The minimum absolute atomic E-state index is 0.00819. The highest BCUT2D eigenvalue weighted by atomic mass is 32.2. The van der Waals surface area contributed by atoms with Gasteiger partial charge >= 0.3 is 0 Å². The molecule has 9 heteroatoms. The summed E-state index contributed by atoms with van der Waals surface area (Å²) in [4.78, 5) is 4.29. The van der Waals surface area contributed by atoms with Crippen molar-refractivity contribution in [2.24, 2.45) is 0 Å². The van der Waals surface area contributed by atoms with Gasteiger partial charge in [-0.15, -0.1) is 0 Å². The Hall–Kier alpha value is -2.62. The zero-order valence-electron chi connectivity index (χ0n) is 15.1. The number of aryl methyl sites for hydroxylation is 1. The molecule has 0 bridgehead atoms. The topological polar surface area (TPSA) is 85.5 Å². The van der Waals surface area contributed by atoms with Crippen LogP contribution in [-0.4, -0.2) is 42.6 Å². The van der Waals surface area contributed by atoms with Crippen molar-refractivity contribution in [2.75, 3.05) is 19.7 Å². The molecule has 0 amide bonds. The van der Waals surface area contributed by atoms with E-state index >= 15 is 0 Å². The molecule has 2 heterocycles. The number of benzene rings is 2. The van der Waals surface area contributed by atoms with E-state index in [0.717, 1.165) is 17.2 Å². The van der Waals surface area contributed by atoms with Crippen LogP contribution >= 0.6 is 0 Å². The van der Waals surface area contributed by atoms with Gasteiger partial charge in [0.15, 0.2) is 6.10 Å². The Bertz CT molecular complexity index is 1100. The van der Waals surface area contributed by atoms with Gasteiger partial charge in [-0.1, -0.05) is 35.5 Å². The lowest BCUT2D eigenvalue weighted by Gasteiger charge is -2.30. The van der Waals surface area contributed by atoms with Crippen molar-refractivity contribution in [3.63, 3.8) is 0 Å². The van der Waals surface area contributed by atoms with Crippen LogP contribution < -0.4 is 0 Å². The Morgan fingerprint density at radius 3 is 2.79 bits per heavy atom. The van der Waals surface area contributed by atoms with Crippen molar-refractivity contribution < 1.29 is 22.1 Å². The average molecular weight is 403 g/mol. The van der Waals surface area contributed by atoms with E-state index in [1.807, 2.05) is 31.2 Å². The molecule has 0 N–H and O–H groups in total. The lowest BCUT2D eigenvalue weighted by Crippen LogP contribution is -2.42. The Balaban J connectivity index is 1.57. The number of halogens is 1. The molecule has 1 fully saturated rings. The quantitative estimate of drug-likeness (QED) is 0.666. The van der Waals surface area contributed by atoms with Crippen LogP contribution in [0.2, 0.25) is 0 Å². The predicted molar refractivity (Wildman–Crippen MR) is 98.3 cm³/mol. The van der Waals surface area contributed by atoms with Crippen molar-refractivity contribution in [2.45, 2.75) is 17.9 Å². The standard InChI is InChI=1S/C19H18FN3O4S/c1-13-5-2-3-8-16(13)18-21-19(27-22-18)17-12-23(9-10-26-17)28(24,25)15-7-4-6-14(20)11-15/h2-8,11,17H,9-10,12H2,1H3. The third kappa shape index (κ3) is 3.56. The fraction of sp³-hybridized carbons (Fsp3) is 0.263. The van der Waals surface area contributed by atoms with Crippen molar-refractivity contribution >= 4 is 10.0 Å². The normalized spacial score (nSPS) is 18.3. The fourth-order valence-corrected chi connectivity index (χ4v) is 4.53. The number of rotatable bonds is 4. The molecule has 1 aliphatic rings. The zero-order chi connectivity index (χ0) is 19.7. The molecular weight excluding hydrogens is 385 g/mol. The lowest BCUT2D eigenvalue weighted by molar-refractivity contribution is -0.0199. The van der Waals surface area contributed by atoms with E-state index in [1.54, 1.807) is 0 Å². The van der Waals surface area contributed by atoms with E-state index < -0.39 is 21.9 Å². The maximum atomic E-state index is 13.5. The molecule has 0 aliphatic carbocycles. The first-order valence-corrected chi connectivity index (χ1v) is 10.2.